The molecule has 6 heteroatoms. The lowest BCUT2D eigenvalue weighted by Crippen LogP contribution is -2.50. The van der Waals surface area contributed by atoms with Crippen molar-refractivity contribution in [2.75, 3.05) is 19.6 Å². The Balaban J connectivity index is 1.88. The number of carbonyl (C=O) groups is 3. The minimum atomic E-state index is -0.365. The van der Waals surface area contributed by atoms with Gasteiger partial charge in [-0.25, -0.2) is 0 Å². The van der Waals surface area contributed by atoms with Crippen LogP contribution in [0.25, 0.3) is 0 Å². The number of nitrogens with one attached hydrogen (secondary N) is 1. The fourth-order valence-electron chi connectivity index (χ4n) is 3.17. The highest BCUT2D eigenvalue weighted by molar-refractivity contribution is 5.88. The maximum atomic E-state index is 12.4. The third-order valence-electron chi connectivity index (χ3n) is 4.37. The van der Waals surface area contributed by atoms with E-state index in [0.717, 1.165) is 12.8 Å². The highest BCUT2D eigenvalue weighted by Crippen LogP contribution is 2.17. The zero-order valence-electron chi connectivity index (χ0n) is 12.9. The van der Waals surface area contributed by atoms with E-state index >= 15 is 0 Å². The maximum Gasteiger partial charge on any atom is 0.243 e. The van der Waals surface area contributed by atoms with Gasteiger partial charge in [0.1, 0.15) is 6.04 Å². The van der Waals surface area contributed by atoms with Crippen LogP contribution in [0.2, 0.25) is 0 Å². The summed E-state index contributed by atoms with van der Waals surface area (Å²) < 4.78 is 0. The highest BCUT2D eigenvalue weighted by atomic mass is 16.2. The van der Waals surface area contributed by atoms with Gasteiger partial charge in [-0.2, -0.15) is 0 Å². The van der Waals surface area contributed by atoms with Crippen molar-refractivity contribution < 1.29 is 14.4 Å². The third-order valence-corrected chi connectivity index (χ3v) is 4.37. The first kappa shape index (κ1) is 15.8. The topological polar surface area (TPSA) is 69.7 Å². The summed E-state index contributed by atoms with van der Waals surface area (Å²) in [5, 5.41) is 3.01. The molecular weight excluding hydrogens is 270 g/mol. The predicted octanol–water partition coefficient (Wildman–Crippen LogP) is 0.515. The molecule has 2 aliphatic heterocycles. The summed E-state index contributed by atoms with van der Waals surface area (Å²) in [6.07, 6.45) is 3.31. The van der Waals surface area contributed by atoms with E-state index in [1.165, 1.54) is 0 Å². The second-order valence-electron chi connectivity index (χ2n) is 5.80. The summed E-state index contributed by atoms with van der Waals surface area (Å²) in [7, 11) is 0. The first-order chi connectivity index (χ1) is 10.1. The van der Waals surface area contributed by atoms with Gasteiger partial charge in [-0.05, 0) is 19.3 Å². The van der Waals surface area contributed by atoms with Gasteiger partial charge in [0.2, 0.25) is 17.7 Å². The Morgan fingerprint density at radius 3 is 2.67 bits per heavy atom. The number of hydrogen-bond donors (Lipinski definition) is 1. The summed E-state index contributed by atoms with van der Waals surface area (Å²) >= 11 is 0. The van der Waals surface area contributed by atoms with Crippen LogP contribution in [0.1, 0.15) is 46.0 Å². The fourth-order valence-corrected chi connectivity index (χ4v) is 3.17. The molecule has 2 heterocycles. The highest BCUT2D eigenvalue weighted by Gasteiger charge is 2.34. The summed E-state index contributed by atoms with van der Waals surface area (Å²) in [6.45, 7) is 5.74. The van der Waals surface area contributed by atoms with E-state index in [4.69, 9.17) is 0 Å². The zero-order valence-corrected chi connectivity index (χ0v) is 12.9. The lowest BCUT2D eigenvalue weighted by Gasteiger charge is -2.27. The largest absolute Gasteiger partial charge is 0.350 e. The second kappa shape index (κ2) is 6.91. The number of amides is 3. The van der Waals surface area contributed by atoms with Crippen LogP contribution >= 0.6 is 0 Å². The van der Waals surface area contributed by atoms with Crippen molar-refractivity contribution in [2.24, 2.45) is 0 Å². The van der Waals surface area contributed by atoms with E-state index in [1.54, 1.807) is 9.80 Å². The predicted molar refractivity (Wildman–Crippen MR) is 78.4 cm³/mol. The summed E-state index contributed by atoms with van der Waals surface area (Å²) in [4.78, 5) is 39.3. The molecule has 2 saturated heterocycles. The average Bonchev–Trinajstić information content (AvgIpc) is 3.09. The van der Waals surface area contributed by atoms with Gasteiger partial charge in [0.25, 0.3) is 0 Å². The van der Waals surface area contributed by atoms with Crippen molar-refractivity contribution >= 4 is 17.7 Å². The van der Waals surface area contributed by atoms with Crippen molar-refractivity contribution in [1.29, 1.82) is 0 Å². The fraction of sp³-hybridized carbons (Fsp3) is 0.800. The van der Waals surface area contributed by atoms with Gasteiger partial charge >= 0.3 is 0 Å². The molecule has 2 unspecified atom stereocenters. The van der Waals surface area contributed by atoms with Crippen molar-refractivity contribution in [3.05, 3.63) is 0 Å². The Hall–Kier alpha value is -1.59. The van der Waals surface area contributed by atoms with Crippen LogP contribution in [0.15, 0.2) is 0 Å². The Bertz CT molecular complexity index is 424. The minimum absolute atomic E-state index is 0.0137. The zero-order chi connectivity index (χ0) is 15.4. The molecule has 0 saturated carbocycles. The smallest absolute Gasteiger partial charge is 0.243 e. The molecule has 0 aromatic rings. The summed E-state index contributed by atoms with van der Waals surface area (Å²) in [5.41, 5.74) is 0. The first-order valence-corrected chi connectivity index (χ1v) is 7.94. The molecule has 0 radical (unpaired) electrons. The quantitative estimate of drug-likeness (QED) is 0.803. The maximum absolute atomic E-state index is 12.4. The summed E-state index contributed by atoms with van der Waals surface area (Å²) in [6, 6.07) is -0.351. The van der Waals surface area contributed by atoms with Gasteiger partial charge in [0.15, 0.2) is 0 Å². The lowest BCUT2D eigenvalue weighted by atomic mass is 10.1. The van der Waals surface area contributed by atoms with Crippen molar-refractivity contribution in [2.45, 2.75) is 58.0 Å². The number of carbonyl (C=O) groups excluding carboxylic acids is 3. The molecule has 118 valence electrons. The molecule has 0 aromatic carbocycles. The van der Waals surface area contributed by atoms with Gasteiger partial charge in [-0.3, -0.25) is 14.4 Å². The van der Waals surface area contributed by atoms with Crippen molar-refractivity contribution in [3.63, 3.8) is 0 Å². The molecule has 2 aliphatic rings. The first-order valence-electron chi connectivity index (χ1n) is 7.94. The molecular formula is C15H25N3O3. The monoisotopic (exact) mass is 295 g/mol. The van der Waals surface area contributed by atoms with Gasteiger partial charge in [-0.15, -0.1) is 0 Å². The Labute approximate surface area is 125 Å². The van der Waals surface area contributed by atoms with Gasteiger partial charge < -0.3 is 15.1 Å². The third kappa shape index (κ3) is 3.54. The van der Waals surface area contributed by atoms with E-state index < -0.39 is 0 Å². The minimum Gasteiger partial charge on any atom is -0.350 e. The van der Waals surface area contributed by atoms with E-state index in [1.807, 2.05) is 13.8 Å². The van der Waals surface area contributed by atoms with Crippen molar-refractivity contribution in [1.82, 2.24) is 15.1 Å². The molecule has 21 heavy (non-hydrogen) atoms. The van der Waals surface area contributed by atoms with Gasteiger partial charge in [0, 0.05) is 38.5 Å². The van der Waals surface area contributed by atoms with E-state index in [-0.39, 0.29) is 29.8 Å². The Morgan fingerprint density at radius 1 is 1.33 bits per heavy atom. The molecule has 0 bridgehead atoms. The van der Waals surface area contributed by atoms with Crippen LogP contribution in [-0.2, 0) is 14.4 Å². The molecule has 2 rings (SSSR count). The molecule has 0 aromatic heterocycles. The van der Waals surface area contributed by atoms with Crippen LogP contribution in [0, 0.1) is 0 Å². The number of nitrogens with zero attached hydrogens (tertiary/aromatic N) is 2. The molecule has 6 nitrogen and oxygen atoms in total. The Kier molecular flexibility index (Phi) is 5.20. The summed E-state index contributed by atoms with van der Waals surface area (Å²) in [5.74, 6) is 0.128. The molecule has 0 aliphatic carbocycles. The molecule has 2 fully saturated rings. The van der Waals surface area contributed by atoms with Crippen LogP contribution in [0.3, 0.4) is 0 Å². The van der Waals surface area contributed by atoms with Gasteiger partial charge in [-0.1, -0.05) is 13.8 Å². The lowest BCUT2D eigenvalue weighted by molar-refractivity contribution is -0.137. The number of hydrogen-bond acceptors (Lipinski definition) is 3. The molecule has 0 spiro atoms. The van der Waals surface area contributed by atoms with Crippen LogP contribution in [-0.4, -0.2) is 59.2 Å². The number of rotatable bonds is 5. The molecule has 1 N–H and O–H groups in total. The SMILES string of the molecule is CCC(=O)N1CCC(NC(=O)C(CC)N2CCCC2=O)C1. The van der Waals surface area contributed by atoms with Gasteiger partial charge in [0.05, 0.1) is 0 Å². The van der Waals surface area contributed by atoms with Crippen LogP contribution in [0.4, 0.5) is 0 Å². The standard InChI is InChI=1S/C15H25N3O3/c1-3-12(18-8-5-6-14(18)20)15(21)16-11-7-9-17(10-11)13(19)4-2/h11-12H,3-10H2,1-2H3,(H,16,21). The molecule has 2 atom stereocenters. The van der Waals surface area contributed by atoms with Crippen molar-refractivity contribution in [3.8, 4) is 0 Å². The second-order valence-corrected chi connectivity index (χ2v) is 5.80. The number of likely N-dealkylation sites (tertiary alicyclic amines) is 2. The molecule has 3 amide bonds. The Morgan fingerprint density at radius 2 is 2.10 bits per heavy atom. The van der Waals surface area contributed by atoms with E-state index in [0.29, 0.717) is 38.9 Å². The van der Waals surface area contributed by atoms with E-state index in [2.05, 4.69) is 5.32 Å². The average molecular weight is 295 g/mol. The van der Waals surface area contributed by atoms with E-state index in [9.17, 15) is 14.4 Å². The van der Waals surface area contributed by atoms with Crippen LogP contribution in [0.5, 0.6) is 0 Å². The van der Waals surface area contributed by atoms with Crippen LogP contribution < -0.4 is 5.32 Å². The normalized spacial score (nSPS) is 23.5.